The number of hydrogen-bond donors (Lipinski definition) is 1. The first-order valence-electron chi connectivity index (χ1n) is 6.16. The molecule has 0 unspecified atom stereocenters. The summed E-state index contributed by atoms with van der Waals surface area (Å²) in [6.07, 6.45) is 2.09. The van der Waals surface area contributed by atoms with Gasteiger partial charge >= 0.3 is 0 Å². The molecule has 1 N–H and O–H groups in total. The van der Waals surface area contributed by atoms with Crippen LogP contribution in [-0.4, -0.2) is 18.1 Å². The van der Waals surface area contributed by atoms with Crippen molar-refractivity contribution in [3.05, 3.63) is 33.9 Å². The van der Waals surface area contributed by atoms with E-state index in [9.17, 15) is 10.1 Å². The Balaban J connectivity index is 2.81. The number of methoxy groups -OCH3 is 1. The molecule has 0 radical (unpaired) electrons. The van der Waals surface area contributed by atoms with Crippen LogP contribution in [0.2, 0.25) is 0 Å². The summed E-state index contributed by atoms with van der Waals surface area (Å²) in [5, 5.41) is 14.2. The van der Waals surface area contributed by atoms with E-state index in [0.717, 1.165) is 18.4 Å². The summed E-state index contributed by atoms with van der Waals surface area (Å²) in [6.45, 7) is 4.86. The zero-order chi connectivity index (χ0) is 13.5. The van der Waals surface area contributed by atoms with Crippen molar-refractivity contribution in [2.75, 3.05) is 7.11 Å². The van der Waals surface area contributed by atoms with Gasteiger partial charge in [0.25, 0.3) is 5.69 Å². The number of rotatable bonds is 7. The fourth-order valence-electron chi connectivity index (χ4n) is 1.81. The minimum absolute atomic E-state index is 0.0655. The summed E-state index contributed by atoms with van der Waals surface area (Å²) < 4.78 is 5.07. The van der Waals surface area contributed by atoms with Gasteiger partial charge in [0.2, 0.25) is 0 Å². The van der Waals surface area contributed by atoms with E-state index >= 15 is 0 Å². The number of non-ortho nitro benzene ring substituents is 1. The lowest BCUT2D eigenvalue weighted by atomic mass is 10.1. The van der Waals surface area contributed by atoms with Crippen LogP contribution >= 0.6 is 0 Å². The Kier molecular flexibility index (Phi) is 5.58. The number of hydrogen-bond acceptors (Lipinski definition) is 4. The van der Waals surface area contributed by atoms with Gasteiger partial charge in [-0.3, -0.25) is 10.1 Å². The smallest absolute Gasteiger partial charge is 0.273 e. The predicted molar refractivity (Wildman–Crippen MR) is 70.9 cm³/mol. The molecule has 0 spiro atoms. The van der Waals surface area contributed by atoms with Crippen molar-refractivity contribution < 1.29 is 9.66 Å². The summed E-state index contributed by atoms with van der Waals surface area (Å²) in [6, 6.07) is 5.27. The zero-order valence-electron chi connectivity index (χ0n) is 11.1. The van der Waals surface area contributed by atoms with Crippen LogP contribution in [0.4, 0.5) is 5.69 Å². The van der Waals surface area contributed by atoms with Crippen LogP contribution in [0.25, 0.3) is 0 Å². The molecule has 0 heterocycles. The van der Waals surface area contributed by atoms with Crippen molar-refractivity contribution in [1.82, 2.24) is 5.32 Å². The fraction of sp³-hybridized carbons (Fsp3) is 0.538. The molecule has 1 aromatic carbocycles. The number of nitrogens with zero attached hydrogens (tertiary/aromatic N) is 1. The maximum Gasteiger partial charge on any atom is 0.273 e. The normalized spacial score (nSPS) is 10.7. The molecule has 0 bridgehead atoms. The minimum atomic E-state index is -0.400. The van der Waals surface area contributed by atoms with Gasteiger partial charge in [0.05, 0.1) is 18.1 Å². The van der Waals surface area contributed by atoms with Crippen LogP contribution < -0.4 is 10.1 Å². The summed E-state index contributed by atoms with van der Waals surface area (Å²) in [5.41, 5.74) is 0.934. The van der Waals surface area contributed by atoms with Crippen molar-refractivity contribution in [2.45, 2.75) is 39.3 Å². The van der Waals surface area contributed by atoms with Gasteiger partial charge in [0.1, 0.15) is 5.75 Å². The first-order chi connectivity index (χ1) is 8.60. The van der Waals surface area contributed by atoms with Gasteiger partial charge in [-0.05, 0) is 24.5 Å². The van der Waals surface area contributed by atoms with Gasteiger partial charge in [-0.2, -0.15) is 0 Å². The monoisotopic (exact) mass is 252 g/mol. The summed E-state index contributed by atoms with van der Waals surface area (Å²) in [7, 11) is 1.51. The molecule has 0 aliphatic heterocycles. The lowest BCUT2D eigenvalue weighted by molar-refractivity contribution is -0.385. The molecule has 1 rings (SSSR count). The first kappa shape index (κ1) is 14.4. The molecule has 18 heavy (non-hydrogen) atoms. The summed E-state index contributed by atoms with van der Waals surface area (Å²) >= 11 is 0. The molecule has 5 heteroatoms. The van der Waals surface area contributed by atoms with Crippen molar-refractivity contribution in [3.63, 3.8) is 0 Å². The second kappa shape index (κ2) is 6.96. The molecule has 0 atom stereocenters. The number of ether oxygens (including phenoxy) is 1. The largest absolute Gasteiger partial charge is 0.496 e. The second-order valence-corrected chi connectivity index (χ2v) is 4.19. The van der Waals surface area contributed by atoms with Crippen LogP contribution in [0.3, 0.4) is 0 Å². The van der Waals surface area contributed by atoms with Gasteiger partial charge in [-0.1, -0.05) is 13.8 Å². The van der Waals surface area contributed by atoms with Gasteiger partial charge < -0.3 is 10.1 Å². The third-order valence-corrected chi connectivity index (χ3v) is 2.98. The Morgan fingerprint density at radius 1 is 1.33 bits per heavy atom. The Morgan fingerprint density at radius 2 is 2.00 bits per heavy atom. The number of nitro groups is 1. The maximum absolute atomic E-state index is 10.8. The highest BCUT2D eigenvalue weighted by atomic mass is 16.6. The number of benzene rings is 1. The molecule has 0 saturated heterocycles. The van der Waals surface area contributed by atoms with Crippen LogP contribution in [-0.2, 0) is 6.54 Å². The summed E-state index contributed by atoms with van der Waals surface area (Å²) in [4.78, 5) is 10.4. The molecular formula is C13H20N2O3. The lowest BCUT2D eigenvalue weighted by Gasteiger charge is -2.14. The molecule has 0 amide bonds. The molecule has 1 aromatic rings. The van der Waals surface area contributed by atoms with E-state index in [-0.39, 0.29) is 5.69 Å². The molecule has 0 fully saturated rings. The highest BCUT2D eigenvalue weighted by Gasteiger charge is 2.11. The quantitative estimate of drug-likeness (QED) is 0.598. The van der Waals surface area contributed by atoms with Crippen molar-refractivity contribution in [2.24, 2.45) is 0 Å². The Morgan fingerprint density at radius 3 is 2.50 bits per heavy atom. The van der Waals surface area contributed by atoms with Gasteiger partial charge in [-0.25, -0.2) is 0 Å². The molecule has 5 nitrogen and oxygen atoms in total. The Bertz CT molecular complexity index is 403. The highest BCUT2D eigenvalue weighted by Crippen LogP contribution is 2.22. The average molecular weight is 252 g/mol. The first-order valence-corrected chi connectivity index (χ1v) is 6.16. The van der Waals surface area contributed by atoms with E-state index in [0.29, 0.717) is 18.3 Å². The van der Waals surface area contributed by atoms with Crippen LogP contribution in [0.15, 0.2) is 18.2 Å². The van der Waals surface area contributed by atoms with Crippen LogP contribution in [0.1, 0.15) is 32.3 Å². The molecule has 0 aromatic heterocycles. The van der Waals surface area contributed by atoms with E-state index in [4.69, 9.17) is 4.74 Å². The van der Waals surface area contributed by atoms with E-state index in [1.165, 1.54) is 13.2 Å². The Labute approximate surface area is 107 Å². The van der Waals surface area contributed by atoms with Crippen molar-refractivity contribution in [1.29, 1.82) is 0 Å². The average Bonchev–Trinajstić information content (AvgIpc) is 2.39. The van der Waals surface area contributed by atoms with Crippen molar-refractivity contribution in [3.8, 4) is 5.75 Å². The third kappa shape index (κ3) is 4.00. The van der Waals surface area contributed by atoms with E-state index < -0.39 is 4.92 Å². The third-order valence-electron chi connectivity index (χ3n) is 2.98. The van der Waals surface area contributed by atoms with Crippen molar-refractivity contribution >= 4 is 5.69 Å². The predicted octanol–water partition coefficient (Wildman–Crippen LogP) is 2.88. The summed E-state index contributed by atoms with van der Waals surface area (Å²) in [5.74, 6) is 0.519. The van der Waals surface area contributed by atoms with E-state index in [1.807, 2.05) is 6.07 Å². The molecular weight excluding hydrogens is 232 g/mol. The highest BCUT2D eigenvalue weighted by molar-refractivity contribution is 5.42. The van der Waals surface area contributed by atoms with E-state index in [1.54, 1.807) is 6.07 Å². The van der Waals surface area contributed by atoms with Gasteiger partial charge in [0.15, 0.2) is 0 Å². The number of nitrogens with one attached hydrogen (secondary N) is 1. The molecule has 0 aliphatic rings. The fourth-order valence-corrected chi connectivity index (χ4v) is 1.81. The SMILES string of the molecule is CCC(CC)NCc1cc(OC)cc([N+](=O)[O-])c1. The lowest BCUT2D eigenvalue weighted by Crippen LogP contribution is -2.27. The van der Waals surface area contributed by atoms with E-state index in [2.05, 4.69) is 19.2 Å². The molecule has 0 aliphatic carbocycles. The topological polar surface area (TPSA) is 64.4 Å². The van der Waals surface area contributed by atoms with Gasteiger partial charge in [0, 0.05) is 18.7 Å². The molecule has 0 saturated carbocycles. The van der Waals surface area contributed by atoms with Gasteiger partial charge in [-0.15, -0.1) is 0 Å². The number of nitro benzene ring substituents is 1. The van der Waals surface area contributed by atoms with Crippen LogP contribution in [0.5, 0.6) is 5.75 Å². The maximum atomic E-state index is 10.8. The minimum Gasteiger partial charge on any atom is -0.496 e. The zero-order valence-corrected chi connectivity index (χ0v) is 11.1. The van der Waals surface area contributed by atoms with Crippen LogP contribution in [0, 0.1) is 10.1 Å². The second-order valence-electron chi connectivity index (χ2n) is 4.19. The molecule has 100 valence electrons. The standard InChI is InChI=1S/C13H20N2O3/c1-4-11(5-2)14-9-10-6-12(15(16)17)8-13(7-10)18-3/h6-8,11,14H,4-5,9H2,1-3H3. The Hall–Kier alpha value is -1.62.